The molecule has 2 saturated heterocycles. The van der Waals surface area contributed by atoms with Crippen molar-refractivity contribution in [2.45, 2.75) is 37.5 Å². The minimum Gasteiger partial charge on any atom is -0.373 e. The fourth-order valence-electron chi connectivity index (χ4n) is 2.45. The van der Waals surface area contributed by atoms with Crippen LogP contribution in [0, 0.1) is 11.3 Å². The lowest BCUT2D eigenvalue weighted by Gasteiger charge is -2.19. The highest BCUT2D eigenvalue weighted by atomic mass is 16.5. The van der Waals surface area contributed by atoms with Crippen LogP contribution in [-0.4, -0.2) is 28.2 Å². The highest BCUT2D eigenvalue weighted by Gasteiger charge is 2.40. The van der Waals surface area contributed by atoms with Crippen molar-refractivity contribution in [3.63, 3.8) is 0 Å². The Morgan fingerprint density at radius 1 is 1.50 bits per heavy atom. The van der Waals surface area contributed by atoms with Crippen molar-refractivity contribution < 1.29 is 4.74 Å². The molecule has 5 nitrogen and oxygen atoms in total. The zero-order chi connectivity index (χ0) is 11.0. The fourth-order valence-corrected chi connectivity index (χ4v) is 2.45. The molecule has 16 heavy (non-hydrogen) atoms. The van der Waals surface area contributed by atoms with Crippen molar-refractivity contribution >= 4 is 5.95 Å². The number of fused-ring (bicyclic) bond motifs is 2. The van der Waals surface area contributed by atoms with Crippen LogP contribution >= 0.6 is 0 Å². The van der Waals surface area contributed by atoms with Gasteiger partial charge >= 0.3 is 0 Å². The van der Waals surface area contributed by atoms with E-state index in [0.29, 0.717) is 29.9 Å². The molecule has 82 valence electrons. The number of hydrogen-bond acceptors (Lipinski definition) is 5. The summed E-state index contributed by atoms with van der Waals surface area (Å²) >= 11 is 0. The summed E-state index contributed by atoms with van der Waals surface area (Å²) < 4.78 is 5.73. The largest absolute Gasteiger partial charge is 0.373 e. The quantitative estimate of drug-likeness (QED) is 0.801. The predicted octanol–water partition coefficient (Wildman–Crippen LogP) is 1.08. The third kappa shape index (κ3) is 1.61. The molecule has 1 aromatic heterocycles. The van der Waals surface area contributed by atoms with Gasteiger partial charge in [-0.3, -0.25) is 0 Å². The average Bonchev–Trinajstić information content (AvgIpc) is 2.91. The van der Waals surface area contributed by atoms with Gasteiger partial charge in [0.1, 0.15) is 11.8 Å². The molecule has 0 aromatic carbocycles. The first-order valence-corrected chi connectivity index (χ1v) is 5.50. The molecule has 3 heterocycles. The van der Waals surface area contributed by atoms with E-state index in [1.54, 1.807) is 12.3 Å². The van der Waals surface area contributed by atoms with Crippen molar-refractivity contribution in [1.82, 2.24) is 9.97 Å². The molecule has 0 saturated carbocycles. The molecule has 0 aliphatic carbocycles. The first kappa shape index (κ1) is 9.55. The Balaban J connectivity index is 1.72. The lowest BCUT2D eigenvalue weighted by Crippen LogP contribution is -2.31. The Labute approximate surface area is 93.5 Å². The molecule has 3 atom stereocenters. The molecular formula is C11H12N4O. The first-order valence-electron chi connectivity index (χ1n) is 5.50. The normalized spacial score (nSPS) is 31.3. The van der Waals surface area contributed by atoms with Crippen LogP contribution in [0.2, 0.25) is 0 Å². The van der Waals surface area contributed by atoms with Crippen molar-refractivity contribution in [1.29, 1.82) is 5.26 Å². The van der Waals surface area contributed by atoms with Crippen LogP contribution in [0.25, 0.3) is 0 Å². The van der Waals surface area contributed by atoms with Crippen LogP contribution in [0.5, 0.6) is 0 Å². The van der Waals surface area contributed by atoms with Gasteiger partial charge in [-0.25, -0.2) is 9.97 Å². The monoisotopic (exact) mass is 216 g/mol. The molecule has 2 aliphatic rings. The molecular weight excluding hydrogens is 204 g/mol. The number of nitrogens with one attached hydrogen (secondary N) is 1. The van der Waals surface area contributed by atoms with Crippen LogP contribution in [0.3, 0.4) is 0 Å². The fraction of sp³-hybridized carbons (Fsp3) is 0.545. The van der Waals surface area contributed by atoms with Crippen molar-refractivity contribution in [2.75, 3.05) is 5.32 Å². The van der Waals surface area contributed by atoms with Gasteiger partial charge in [-0.2, -0.15) is 5.26 Å². The topological polar surface area (TPSA) is 70.8 Å². The summed E-state index contributed by atoms with van der Waals surface area (Å²) in [6.07, 6.45) is 5.59. The lowest BCUT2D eigenvalue weighted by atomic mass is 9.96. The number of ether oxygens (including phenoxy) is 1. The molecule has 2 fully saturated rings. The Kier molecular flexibility index (Phi) is 2.22. The number of nitrogens with zero attached hydrogens (tertiary/aromatic N) is 3. The third-order valence-electron chi connectivity index (χ3n) is 3.19. The van der Waals surface area contributed by atoms with Crippen molar-refractivity contribution in [3.05, 3.63) is 18.0 Å². The molecule has 3 unspecified atom stereocenters. The third-order valence-corrected chi connectivity index (χ3v) is 3.19. The second kappa shape index (κ2) is 3.72. The van der Waals surface area contributed by atoms with Gasteiger partial charge < -0.3 is 10.1 Å². The predicted molar refractivity (Wildman–Crippen MR) is 56.7 cm³/mol. The summed E-state index contributed by atoms with van der Waals surface area (Å²) in [7, 11) is 0. The number of hydrogen-bond donors (Lipinski definition) is 1. The van der Waals surface area contributed by atoms with Gasteiger partial charge in [-0.05, 0) is 25.3 Å². The SMILES string of the molecule is N#Cc1ccnc(NC2CC3CCC2O3)n1. The van der Waals surface area contributed by atoms with Gasteiger partial charge in [-0.15, -0.1) is 0 Å². The van der Waals surface area contributed by atoms with E-state index in [-0.39, 0.29) is 0 Å². The molecule has 0 radical (unpaired) electrons. The molecule has 5 heteroatoms. The van der Waals surface area contributed by atoms with Gasteiger partial charge in [0.15, 0.2) is 0 Å². The van der Waals surface area contributed by atoms with Gasteiger partial charge in [0.25, 0.3) is 0 Å². The van der Waals surface area contributed by atoms with E-state index in [1.807, 2.05) is 6.07 Å². The highest BCUT2D eigenvalue weighted by Crippen LogP contribution is 2.35. The number of rotatable bonds is 2. The van der Waals surface area contributed by atoms with Crippen LogP contribution in [0.4, 0.5) is 5.95 Å². The van der Waals surface area contributed by atoms with Gasteiger partial charge in [0.2, 0.25) is 5.95 Å². The Morgan fingerprint density at radius 3 is 3.12 bits per heavy atom. The summed E-state index contributed by atoms with van der Waals surface area (Å²) in [4.78, 5) is 8.20. The Bertz CT molecular complexity index is 442. The Hall–Kier alpha value is -1.67. The maximum atomic E-state index is 8.74. The van der Waals surface area contributed by atoms with E-state index in [2.05, 4.69) is 15.3 Å². The van der Waals surface area contributed by atoms with Crippen molar-refractivity contribution in [3.8, 4) is 6.07 Å². The standard InChI is InChI=1S/C11H12N4O/c12-6-7-3-4-13-11(14-7)15-9-5-8-1-2-10(9)16-8/h3-4,8-10H,1-2,5H2,(H,13,14,15). The summed E-state index contributed by atoms with van der Waals surface area (Å²) in [6, 6.07) is 3.90. The average molecular weight is 216 g/mol. The molecule has 0 spiro atoms. The van der Waals surface area contributed by atoms with E-state index >= 15 is 0 Å². The minimum absolute atomic E-state index is 0.291. The zero-order valence-corrected chi connectivity index (χ0v) is 8.76. The van der Waals surface area contributed by atoms with Crippen LogP contribution in [0.15, 0.2) is 12.3 Å². The number of anilines is 1. The molecule has 1 N–H and O–H groups in total. The van der Waals surface area contributed by atoms with E-state index in [9.17, 15) is 0 Å². The smallest absolute Gasteiger partial charge is 0.224 e. The zero-order valence-electron chi connectivity index (χ0n) is 8.76. The number of nitriles is 1. The van der Waals surface area contributed by atoms with Gasteiger partial charge in [0, 0.05) is 6.20 Å². The summed E-state index contributed by atoms with van der Waals surface area (Å²) in [5.41, 5.74) is 0.390. The molecule has 2 bridgehead atoms. The highest BCUT2D eigenvalue weighted by molar-refractivity contribution is 5.32. The minimum atomic E-state index is 0.291. The van der Waals surface area contributed by atoms with E-state index < -0.39 is 0 Å². The van der Waals surface area contributed by atoms with Crippen LogP contribution in [0.1, 0.15) is 25.0 Å². The number of aromatic nitrogens is 2. The molecule has 2 aliphatic heterocycles. The molecule has 3 rings (SSSR count). The lowest BCUT2D eigenvalue weighted by molar-refractivity contribution is 0.102. The maximum Gasteiger partial charge on any atom is 0.224 e. The van der Waals surface area contributed by atoms with Gasteiger partial charge in [-0.1, -0.05) is 0 Å². The van der Waals surface area contributed by atoms with Crippen molar-refractivity contribution in [2.24, 2.45) is 0 Å². The second-order valence-electron chi connectivity index (χ2n) is 4.24. The van der Waals surface area contributed by atoms with E-state index in [4.69, 9.17) is 10.00 Å². The first-order chi connectivity index (χ1) is 7.85. The second-order valence-corrected chi connectivity index (χ2v) is 4.24. The van der Waals surface area contributed by atoms with Crippen LogP contribution in [-0.2, 0) is 4.74 Å². The van der Waals surface area contributed by atoms with E-state index in [0.717, 1.165) is 12.8 Å². The van der Waals surface area contributed by atoms with E-state index in [1.165, 1.54) is 6.42 Å². The molecule has 1 aromatic rings. The summed E-state index contributed by atoms with van der Waals surface area (Å²) in [5.74, 6) is 0.528. The Morgan fingerprint density at radius 2 is 2.44 bits per heavy atom. The van der Waals surface area contributed by atoms with Crippen LogP contribution < -0.4 is 5.32 Å². The van der Waals surface area contributed by atoms with Gasteiger partial charge in [0.05, 0.1) is 18.2 Å². The molecule has 0 amide bonds. The summed E-state index contributed by atoms with van der Waals surface area (Å²) in [6.45, 7) is 0. The maximum absolute atomic E-state index is 8.74. The summed E-state index contributed by atoms with van der Waals surface area (Å²) in [5, 5.41) is 12.0.